The lowest BCUT2D eigenvalue weighted by Crippen LogP contribution is -2.47. The maximum Gasteiger partial charge on any atom is 0.246 e. The molecule has 2 aromatic heterocycles. The molecule has 1 aromatic carbocycles. The van der Waals surface area contributed by atoms with Crippen molar-refractivity contribution in [1.82, 2.24) is 14.8 Å². The molecule has 3 heterocycles. The number of carbonyl (C=O) groups is 1. The van der Waals surface area contributed by atoms with Gasteiger partial charge in [0.2, 0.25) is 5.91 Å². The fourth-order valence-corrected chi connectivity index (χ4v) is 4.58. The number of thiophene rings is 1. The number of rotatable bonds is 4. The van der Waals surface area contributed by atoms with Crippen molar-refractivity contribution in [2.24, 2.45) is 0 Å². The molecule has 0 bridgehead atoms. The molecule has 25 heavy (non-hydrogen) atoms. The van der Waals surface area contributed by atoms with Crippen LogP contribution in [0.15, 0.2) is 47.9 Å². The molecule has 0 unspecified atom stereocenters. The van der Waals surface area contributed by atoms with Crippen LogP contribution in [0.4, 0.5) is 0 Å². The summed E-state index contributed by atoms with van der Waals surface area (Å²) >= 11 is 3.40. The number of para-hydroxylation sites is 1. The zero-order valence-corrected chi connectivity index (χ0v) is 15.4. The number of nitrogens with zero attached hydrogens (tertiary/aromatic N) is 3. The first-order valence-electron chi connectivity index (χ1n) is 8.35. The van der Waals surface area contributed by atoms with Crippen LogP contribution in [0.2, 0.25) is 0 Å². The van der Waals surface area contributed by atoms with E-state index in [2.05, 4.69) is 23.1 Å². The maximum absolute atomic E-state index is 12.3. The molecule has 6 heteroatoms. The van der Waals surface area contributed by atoms with Crippen LogP contribution in [-0.4, -0.2) is 46.9 Å². The Morgan fingerprint density at radius 3 is 2.72 bits per heavy atom. The zero-order valence-electron chi connectivity index (χ0n) is 13.8. The normalized spacial score (nSPS) is 16.1. The molecule has 0 saturated carbocycles. The summed E-state index contributed by atoms with van der Waals surface area (Å²) in [6.07, 6.45) is 3.59. The van der Waals surface area contributed by atoms with E-state index in [9.17, 15) is 4.79 Å². The van der Waals surface area contributed by atoms with Gasteiger partial charge < -0.3 is 4.90 Å². The second-order valence-corrected chi connectivity index (χ2v) is 8.12. The first-order valence-corrected chi connectivity index (χ1v) is 10.0. The molecular weight excluding hydrogens is 350 g/mol. The Labute approximate surface area is 155 Å². The Kier molecular flexibility index (Phi) is 4.92. The molecule has 4 nitrogen and oxygen atoms in total. The van der Waals surface area contributed by atoms with E-state index < -0.39 is 0 Å². The minimum Gasteiger partial charge on any atom is -0.337 e. The Bertz CT molecular complexity index is 844. The maximum atomic E-state index is 12.3. The van der Waals surface area contributed by atoms with Crippen LogP contribution in [-0.2, 0) is 11.3 Å². The molecule has 1 fully saturated rings. The van der Waals surface area contributed by atoms with Crippen molar-refractivity contribution in [2.45, 2.75) is 6.54 Å². The van der Waals surface area contributed by atoms with Crippen molar-refractivity contribution >= 4 is 44.9 Å². The molecule has 4 rings (SSSR count). The summed E-state index contributed by atoms with van der Waals surface area (Å²) in [5.74, 6) is 0.105. The quantitative estimate of drug-likeness (QED) is 0.658. The second kappa shape index (κ2) is 7.47. The summed E-state index contributed by atoms with van der Waals surface area (Å²) in [5.41, 5.74) is 1.08. The summed E-state index contributed by atoms with van der Waals surface area (Å²) in [4.78, 5) is 22.4. The van der Waals surface area contributed by atoms with Crippen molar-refractivity contribution < 1.29 is 4.79 Å². The van der Waals surface area contributed by atoms with Gasteiger partial charge in [-0.2, -0.15) is 0 Å². The van der Waals surface area contributed by atoms with Crippen molar-refractivity contribution in [3.63, 3.8) is 0 Å². The van der Waals surface area contributed by atoms with E-state index in [1.54, 1.807) is 28.7 Å². The molecule has 1 amide bonds. The smallest absolute Gasteiger partial charge is 0.246 e. The number of fused-ring (bicyclic) bond motifs is 1. The number of hydrogen-bond acceptors (Lipinski definition) is 5. The van der Waals surface area contributed by atoms with Gasteiger partial charge in [0.15, 0.2) is 0 Å². The Morgan fingerprint density at radius 1 is 1.12 bits per heavy atom. The van der Waals surface area contributed by atoms with Gasteiger partial charge in [-0.25, -0.2) is 4.98 Å². The molecule has 0 N–H and O–H groups in total. The zero-order chi connectivity index (χ0) is 17.1. The van der Waals surface area contributed by atoms with Crippen LogP contribution in [0, 0.1) is 0 Å². The van der Waals surface area contributed by atoms with Gasteiger partial charge in [0.1, 0.15) is 5.01 Å². The summed E-state index contributed by atoms with van der Waals surface area (Å²) in [5, 5.41) is 3.17. The van der Waals surface area contributed by atoms with Gasteiger partial charge in [0.25, 0.3) is 0 Å². The molecule has 0 spiro atoms. The summed E-state index contributed by atoms with van der Waals surface area (Å²) in [6, 6.07) is 12.3. The number of thiazole rings is 1. The summed E-state index contributed by atoms with van der Waals surface area (Å²) in [6.45, 7) is 4.21. The predicted molar refractivity (Wildman–Crippen MR) is 105 cm³/mol. The number of hydrogen-bond donors (Lipinski definition) is 0. The van der Waals surface area contributed by atoms with E-state index in [0.29, 0.717) is 0 Å². The van der Waals surface area contributed by atoms with Gasteiger partial charge in [-0.15, -0.1) is 22.7 Å². The molecular formula is C19H19N3OS2. The number of amides is 1. The second-order valence-electron chi connectivity index (χ2n) is 6.03. The van der Waals surface area contributed by atoms with Gasteiger partial charge in [0.05, 0.1) is 16.8 Å². The number of aromatic nitrogens is 1. The van der Waals surface area contributed by atoms with Crippen LogP contribution in [0.5, 0.6) is 0 Å². The highest BCUT2D eigenvalue weighted by atomic mass is 32.1. The number of piperazine rings is 1. The lowest BCUT2D eigenvalue weighted by Gasteiger charge is -2.33. The van der Waals surface area contributed by atoms with Crippen LogP contribution in [0.3, 0.4) is 0 Å². The predicted octanol–water partition coefficient (Wildman–Crippen LogP) is 3.72. The Hall–Kier alpha value is -2.02. The average Bonchev–Trinajstić information content (AvgIpc) is 3.29. The standard InChI is InChI=1S/C19H19N3OS2/c23-19(8-7-15-4-3-13-24-15)22-11-9-21(10-12-22)14-18-20-16-5-1-2-6-17(16)25-18/h1-8,13H,9-12,14H2/b8-7+. The Balaban J connectivity index is 1.31. The van der Waals surface area contributed by atoms with E-state index in [1.165, 1.54) is 4.70 Å². The van der Waals surface area contributed by atoms with Gasteiger partial charge >= 0.3 is 0 Å². The minimum atomic E-state index is 0.105. The van der Waals surface area contributed by atoms with Gasteiger partial charge in [0, 0.05) is 37.1 Å². The lowest BCUT2D eigenvalue weighted by molar-refractivity contribution is -0.127. The van der Waals surface area contributed by atoms with E-state index in [4.69, 9.17) is 4.98 Å². The minimum absolute atomic E-state index is 0.105. The highest BCUT2D eigenvalue weighted by Gasteiger charge is 2.20. The molecule has 0 radical (unpaired) electrons. The third kappa shape index (κ3) is 3.98. The molecule has 1 saturated heterocycles. The van der Waals surface area contributed by atoms with Crippen LogP contribution < -0.4 is 0 Å². The third-order valence-corrected chi connectivity index (χ3v) is 6.17. The molecule has 0 aliphatic carbocycles. The molecule has 128 valence electrons. The summed E-state index contributed by atoms with van der Waals surface area (Å²) in [7, 11) is 0. The monoisotopic (exact) mass is 369 g/mol. The third-order valence-electron chi connectivity index (χ3n) is 4.31. The summed E-state index contributed by atoms with van der Waals surface area (Å²) < 4.78 is 1.24. The van der Waals surface area contributed by atoms with Crippen LogP contribution in [0.1, 0.15) is 9.88 Å². The first-order chi connectivity index (χ1) is 12.3. The van der Waals surface area contributed by atoms with Crippen LogP contribution in [0.25, 0.3) is 16.3 Å². The highest BCUT2D eigenvalue weighted by Crippen LogP contribution is 2.23. The largest absolute Gasteiger partial charge is 0.337 e. The molecule has 0 atom stereocenters. The van der Waals surface area contributed by atoms with Gasteiger partial charge in [-0.1, -0.05) is 18.2 Å². The molecule has 1 aliphatic heterocycles. The SMILES string of the molecule is O=C(/C=C/c1cccs1)N1CCN(Cc2nc3ccccc3s2)CC1. The van der Waals surface area contributed by atoms with Crippen molar-refractivity contribution in [3.05, 3.63) is 57.7 Å². The van der Waals surface area contributed by atoms with Crippen LogP contribution >= 0.6 is 22.7 Å². The van der Waals surface area contributed by atoms with E-state index in [0.717, 1.165) is 48.1 Å². The number of benzene rings is 1. The average molecular weight is 370 g/mol. The van der Waals surface area contributed by atoms with Crippen molar-refractivity contribution in [1.29, 1.82) is 0 Å². The van der Waals surface area contributed by atoms with E-state index in [-0.39, 0.29) is 5.91 Å². The number of carbonyl (C=O) groups excluding carboxylic acids is 1. The van der Waals surface area contributed by atoms with E-state index >= 15 is 0 Å². The van der Waals surface area contributed by atoms with Crippen molar-refractivity contribution in [3.8, 4) is 0 Å². The topological polar surface area (TPSA) is 36.4 Å². The van der Waals surface area contributed by atoms with Gasteiger partial charge in [-0.3, -0.25) is 9.69 Å². The van der Waals surface area contributed by atoms with Crippen molar-refractivity contribution in [2.75, 3.05) is 26.2 Å². The first kappa shape index (κ1) is 16.4. The van der Waals surface area contributed by atoms with Gasteiger partial charge in [-0.05, 0) is 29.7 Å². The fourth-order valence-electron chi connectivity index (χ4n) is 2.95. The Morgan fingerprint density at radius 2 is 1.96 bits per heavy atom. The highest BCUT2D eigenvalue weighted by molar-refractivity contribution is 7.18. The fraction of sp³-hybridized carbons (Fsp3) is 0.263. The molecule has 3 aromatic rings. The van der Waals surface area contributed by atoms with E-state index in [1.807, 2.05) is 34.6 Å². The lowest BCUT2D eigenvalue weighted by atomic mass is 10.3. The molecule has 1 aliphatic rings.